The van der Waals surface area contributed by atoms with Crippen LogP contribution < -0.4 is 0 Å². The van der Waals surface area contributed by atoms with Gasteiger partial charge in [-0.1, -0.05) is 0 Å². The van der Waals surface area contributed by atoms with Crippen molar-refractivity contribution in [3.63, 3.8) is 0 Å². The largest absolute Gasteiger partial charge is 0.332 e. The minimum absolute atomic E-state index is 0.0391. The molecule has 1 aliphatic heterocycles. The number of aryl methyl sites for hydroxylation is 1. The predicted molar refractivity (Wildman–Crippen MR) is 69.9 cm³/mol. The van der Waals surface area contributed by atoms with E-state index in [0.29, 0.717) is 17.8 Å². The number of rotatable bonds is 1. The Morgan fingerprint density at radius 1 is 1.41 bits per heavy atom. The first kappa shape index (κ1) is 12.6. The number of hydrogen-bond acceptors (Lipinski definition) is 2. The van der Waals surface area contributed by atoms with Gasteiger partial charge < -0.3 is 4.90 Å². The summed E-state index contributed by atoms with van der Waals surface area (Å²) in [5, 5.41) is 4.23. The summed E-state index contributed by atoms with van der Waals surface area (Å²) in [7, 11) is 1.82. The maximum Gasteiger partial charge on any atom is 0.276 e. The maximum absolute atomic E-state index is 12.5. The third-order valence-corrected chi connectivity index (χ3v) is 4.00. The Hall–Kier alpha value is -0.840. The molecule has 1 amide bonds. The van der Waals surface area contributed by atoms with Gasteiger partial charge in [0, 0.05) is 25.3 Å². The molecule has 0 spiro atoms. The first-order chi connectivity index (χ1) is 8.00. The van der Waals surface area contributed by atoms with E-state index >= 15 is 0 Å². The summed E-state index contributed by atoms with van der Waals surface area (Å²) in [5.74, 6) is 0.0391. The van der Waals surface area contributed by atoms with Crippen LogP contribution in [0.2, 0.25) is 0 Å². The van der Waals surface area contributed by atoms with Gasteiger partial charge in [0.05, 0.1) is 4.47 Å². The average molecular weight is 300 g/mol. The molecule has 0 bridgehead atoms. The van der Waals surface area contributed by atoms with Crippen molar-refractivity contribution in [3.05, 3.63) is 16.4 Å². The molecular weight excluding hydrogens is 282 g/mol. The standard InChI is InChI=1S/C12H18BrN3O/c1-8-5-4-6-9(2)16(8)12(17)11-10(13)7-15(3)14-11/h7-9H,4-6H2,1-3H3. The zero-order valence-corrected chi connectivity index (χ0v) is 12.1. The summed E-state index contributed by atoms with van der Waals surface area (Å²) in [6.45, 7) is 4.23. The third kappa shape index (κ3) is 2.39. The SMILES string of the molecule is CC1CCCC(C)N1C(=O)c1nn(C)cc1Br. The molecule has 0 N–H and O–H groups in total. The Morgan fingerprint density at radius 2 is 2.00 bits per heavy atom. The van der Waals surface area contributed by atoms with Gasteiger partial charge >= 0.3 is 0 Å². The lowest BCUT2D eigenvalue weighted by Crippen LogP contribution is -2.47. The highest BCUT2D eigenvalue weighted by molar-refractivity contribution is 9.10. The highest BCUT2D eigenvalue weighted by atomic mass is 79.9. The number of nitrogens with zero attached hydrogens (tertiary/aromatic N) is 3. The van der Waals surface area contributed by atoms with Gasteiger partial charge in [0.25, 0.3) is 5.91 Å². The Kier molecular flexibility index (Phi) is 3.56. The molecule has 1 saturated heterocycles. The number of aromatic nitrogens is 2. The highest BCUT2D eigenvalue weighted by Gasteiger charge is 2.31. The van der Waals surface area contributed by atoms with Gasteiger partial charge in [-0.2, -0.15) is 5.10 Å². The molecule has 4 nitrogen and oxygen atoms in total. The molecule has 0 aliphatic carbocycles. The van der Waals surface area contributed by atoms with Crippen LogP contribution in [0.5, 0.6) is 0 Å². The summed E-state index contributed by atoms with van der Waals surface area (Å²) in [4.78, 5) is 14.4. The van der Waals surface area contributed by atoms with Crippen LogP contribution in [-0.2, 0) is 7.05 Å². The molecule has 2 rings (SSSR count). The summed E-state index contributed by atoms with van der Waals surface area (Å²) < 4.78 is 2.44. The average Bonchev–Trinajstić information content (AvgIpc) is 2.57. The first-order valence-electron chi connectivity index (χ1n) is 6.02. The van der Waals surface area contributed by atoms with Gasteiger partial charge in [0.15, 0.2) is 5.69 Å². The van der Waals surface area contributed by atoms with Crippen molar-refractivity contribution < 1.29 is 4.79 Å². The van der Waals surface area contributed by atoms with Gasteiger partial charge in [-0.3, -0.25) is 9.48 Å². The van der Waals surface area contributed by atoms with E-state index in [1.165, 1.54) is 6.42 Å². The summed E-state index contributed by atoms with van der Waals surface area (Å²) in [6.07, 6.45) is 5.18. The molecule has 2 heterocycles. The molecule has 0 radical (unpaired) electrons. The number of likely N-dealkylation sites (tertiary alicyclic amines) is 1. The summed E-state index contributed by atoms with van der Waals surface area (Å²) in [6, 6.07) is 0.611. The van der Waals surface area contributed by atoms with E-state index in [-0.39, 0.29) is 5.91 Å². The molecule has 1 aliphatic rings. The predicted octanol–water partition coefficient (Wildman–Crippen LogP) is 2.59. The van der Waals surface area contributed by atoms with Gasteiger partial charge in [-0.15, -0.1) is 0 Å². The maximum atomic E-state index is 12.5. The lowest BCUT2D eigenvalue weighted by Gasteiger charge is -2.38. The molecule has 17 heavy (non-hydrogen) atoms. The van der Waals surface area contributed by atoms with E-state index in [1.54, 1.807) is 4.68 Å². The number of carbonyl (C=O) groups excluding carboxylic acids is 1. The van der Waals surface area contributed by atoms with E-state index in [0.717, 1.165) is 17.3 Å². The van der Waals surface area contributed by atoms with Crippen molar-refractivity contribution in [1.82, 2.24) is 14.7 Å². The summed E-state index contributed by atoms with van der Waals surface area (Å²) in [5.41, 5.74) is 0.521. The number of halogens is 1. The fraction of sp³-hybridized carbons (Fsp3) is 0.667. The van der Waals surface area contributed by atoms with Crippen LogP contribution in [0.3, 0.4) is 0 Å². The Labute approximate surface area is 110 Å². The number of hydrogen-bond donors (Lipinski definition) is 0. The quantitative estimate of drug-likeness (QED) is 0.799. The van der Waals surface area contributed by atoms with Crippen molar-refractivity contribution >= 4 is 21.8 Å². The molecule has 2 atom stereocenters. The van der Waals surface area contributed by atoms with E-state index < -0.39 is 0 Å². The normalized spacial score (nSPS) is 25.1. The zero-order valence-electron chi connectivity index (χ0n) is 10.5. The van der Waals surface area contributed by atoms with Crippen molar-refractivity contribution in [1.29, 1.82) is 0 Å². The van der Waals surface area contributed by atoms with Gasteiger partial charge in [0.1, 0.15) is 0 Å². The minimum Gasteiger partial charge on any atom is -0.332 e. The molecule has 2 unspecified atom stereocenters. The molecule has 94 valence electrons. The lowest BCUT2D eigenvalue weighted by molar-refractivity contribution is 0.0503. The van der Waals surface area contributed by atoms with E-state index in [1.807, 2.05) is 18.1 Å². The molecule has 1 aromatic heterocycles. The molecule has 0 aromatic carbocycles. The second kappa shape index (κ2) is 4.80. The molecular formula is C12H18BrN3O. The van der Waals surface area contributed by atoms with E-state index in [4.69, 9.17) is 0 Å². The monoisotopic (exact) mass is 299 g/mol. The minimum atomic E-state index is 0.0391. The molecule has 0 saturated carbocycles. The van der Waals surface area contributed by atoms with Crippen LogP contribution in [0.1, 0.15) is 43.6 Å². The van der Waals surface area contributed by atoms with E-state index in [2.05, 4.69) is 34.9 Å². The Balaban J connectivity index is 2.27. The van der Waals surface area contributed by atoms with Crippen molar-refractivity contribution in [2.24, 2.45) is 7.05 Å². The van der Waals surface area contributed by atoms with Crippen LogP contribution in [0.25, 0.3) is 0 Å². The zero-order chi connectivity index (χ0) is 12.6. The topological polar surface area (TPSA) is 38.1 Å². The summed E-state index contributed by atoms with van der Waals surface area (Å²) >= 11 is 3.39. The van der Waals surface area contributed by atoms with Crippen LogP contribution in [-0.4, -0.2) is 32.7 Å². The first-order valence-corrected chi connectivity index (χ1v) is 6.82. The fourth-order valence-corrected chi connectivity index (χ4v) is 3.09. The number of amides is 1. The van der Waals surface area contributed by atoms with Crippen LogP contribution in [0.15, 0.2) is 10.7 Å². The fourth-order valence-electron chi connectivity index (χ4n) is 2.55. The second-order valence-electron chi connectivity index (χ2n) is 4.84. The smallest absolute Gasteiger partial charge is 0.276 e. The van der Waals surface area contributed by atoms with E-state index in [9.17, 15) is 4.79 Å². The molecule has 1 fully saturated rings. The van der Waals surface area contributed by atoms with Crippen LogP contribution in [0, 0.1) is 0 Å². The third-order valence-electron chi connectivity index (χ3n) is 3.41. The second-order valence-corrected chi connectivity index (χ2v) is 5.70. The number of piperidine rings is 1. The molecule has 1 aromatic rings. The van der Waals surface area contributed by atoms with Crippen molar-refractivity contribution in [3.8, 4) is 0 Å². The van der Waals surface area contributed by atoms with Crippen LogP contribution in [0.4, 0.5) is 0 Å². The molecule has 5 heteroatoms. The van der Waals surface area contributed by atoms with Gasteiger partial charge in [-0.25, -0.2) is 0 Å². The van der Waals surface area contributed by atoms with Gasteiger partial charge in [-0.05, 0) is 49.0 Å². The Morgan fingerprint density at radius 3 is 2.47 bits per heavy atom. The lowest BCUT2D eigenvalue weighted by atomic mass is 9.97. The highest BCUT2D eigenvalue weighted by Crippen LogP contribution is 2.26. The van der Waals surface area contributed by atoms with Crippen LogP contribution >= 0.6 is 15.9 Å². The van der Waals surface area contributed by atoms with Crippen molar-refractivity contribution in [2.75, 3.05) is 0 Å². The van der Waals surface area contributed by atoms with Gasteiger partial charge in [0.2, 0.25) is 0 Å². The van der Waals surface area contributed by atoms with Crippen molar-refractivity contribution in [2.45, 2.75) is 45.2 Å². The Bertz CT molecular complexity index is 419. The number of carbonyl (C=O) groups is 1.